The molecule has 0 aliphatic heterocycles. The van der Waals surface area contributed by atoms with Gasteiger partial charge in [-0.05, 0) is 110 Å². The maximum Gasteiger partial charge on any atom is 0.00418 e. The Bertz CT molecular complexity index is 547. The van der Waals surface area contributed by atoms with Gasteiger partial charge in [0.2, 0.25) is 0 Å². The molecule has 4 rings (SSSR count). The lowest BCUT2D eigenvalue weighted by Crippen LogP contribution is -2.54. The Kier molecular flexibility index (Phi) is 7.43. The van der Waals surface area contributed by atoms with Crippen LogP contribution in [0.1, 0.15) is 112 Å². The highest BCUT2D eigenvalue weighted by Gasteiger charge is 2.60. The Morgan fingerprint density at radius 3 is 2.24 bits per heavy atom. The maximum atomic E-state index is 6.39. The van der Waals surface area contributed by atoms with Crippen molar-refractivity contribution in [2.24, 2.45) is 58.0 Å². The summed E-state index contributed by atoms with van der Waals surface area (Å²) in [6.45, 7) is 12.8. The lowest BCUT2D eigenvalue weighted by Gasteiger charge is -2.61. The van der Waals surface area contributed by atoms with Crippen molar-refractivity contribution >= 4 is 12.4 Å². The first-order valence-electron chi connectivity index (χ1n) is 13.0. The van der Waals surface area contributed by atoms with Crippen molar-refractivity contribution in [2.45, 2.75) is 118 Å². The first-order chi connectivity index (χ1) is 13.3. The first kappa shape index (κ1) is 23.9. The van der Waals surface area contributed by atoms with Crippen molar-refractivity contribution in [3.63, 3.8) is 0 Å². The summed E-state index contributed by atoms with van der Waals surface area (Å²) < 4.78 is 0. The maximum absolute atomic E-state index is 6.39. The predicted molar refractivity (Wildman–Crippen MR) is 128 cm³/mol. The first-order valence-corrected chi connectivity index (χ1v) is 13.0. The van der Waals surface area contributed by atoms with E-state index in [2.05, 4.69) is 34.6 Å². The molecule has 4 fully saturated rings. The fourth-order valence-electron chi connectivity index (χ4n) is 9.32. The van der Waals surface area contributed by atoms with Crippen LogP contribution in [0.4, 0.5) is 0 Å². The highest BCUT2D eigenvalue weighted by molar-refractivity contribution is 5.85. The molecule has 0 unspecified atom stereocenters. The van der Waals surface area contributed by atoms with Gasteiger partial charge in [-0.3, -0.25) is 0 Å². The molecule has 0 spiro atoms. The molecule has 0 aromatic rings. The highest BCUT2D eigenvalue weighted by Crippen LogP contribution is 2.68. The number of nitrogens with two attached hydrogens (primary N) is 1. The molecule has 2 N–H and O–H groups in total. The third-order valence-corrected chi connectivity index (χ3v) is 10.9. The molecule has 4 aliphatic carbocycles. The molecule has 4 saturated carbocycles. The third kappa shape index (κ3) is 4.18. The normalized spacial score (nSPS) is 47.7. The Hall–Kier alpha value is 0.250. The van der Waals surface area contributed by atoms with E-state index in [9.17, 15) is 0 Å². The van der Waals surface area contributed by atoms with Crippen LogP contribution in [0.2, 0.25) is 0 Å². The molecule has 0 aromatic heterocycles. The van der Waals surface area contributed by atoms with E-state index in [1.807, 2.05) is 0 Å². The van der Waals surface area contributed by atoms with Crippen LogP contribution < -0.4 is 5.73 Å². The summed E-state index contributed by atoms with van der Waals surface area (Å²) in [4.78, 5) is 0. The zero-order valence-electron chi connectivity index (χ0n) is 20.1. The van der Waals surface area contributed by atoms with E-state index >= 15 is 0 Å². The zero-order chi connectivity index (χ0) is 20.1. The zero-order valence-corrected chi connectivity index (χ0v) is 20.9. The fraction of sp³-hybridized carbons (Fsp3) is 1.00. The summed E-state index contributed by atoms with van der Waals surface area (Å²) >= 11 is 0. The van der Waals surface area contributed by atoms with Gasteiger partial charge < -0.3 is 5.73 Å². The summed E-state index contributed by atoms with van der Waals surface area (Å²) in [6, 6.07) is 0.492. The average molecular weight is 424 g/mol. The average Bonchev–Trinajstić information content (AvgIpc) is 2.99. The Balaban J connectivity index is 0.00000240. The van der Waals surface area contributed by atoms with Crippen LogP contribution in [0, 0.1) is 52.3 Å². The molecule has 0 radical (unpaired) electrons. The van der Waals surface area contributed by atoms with E-state index in [0.29, 0.717) is 16.9 Å². The number of rotatable bonds is 5. The highest BCUT2D eigenvalue weighted by atomic mass is 35.5. The molecule has 170 valence electrons. The number of hydrogen-bond acceptors (Lipinski definition) is 1. The predicted octanol–water partition coefficient (Wildman–Crippen LogP) is 7.86. The number of halogens is 1. The van der Waals surface area contributed by atoms with Crippen molar-refractivity contribution < 1.29 is 0 Å². The monoisotopic (exact) mass is 423 g/mol. The van der Waals surface area contributed by atoms with Gasteiger partial charge in [0.05, 0.1) is 0 Å². The van der Waals surface area contributed by atoms with Crippen LogP contribution in [0.5, 0.6) is 0 Å². The molecule has 29 heavy (non-hydrogen) atoms. The molecular formula is C27H50ClN. The molecule has 0 heterocycles. The van der Waals surface area contributed by atoms with Crippen LogP contribution in [0.15, 0.2) is 0 Å². The second-order valence-electron chi connectivity index (χ2n) is 12.7. The Labute approximate surface area is 188 Å². The van der Waals surface area contributed by atoms with Crippen molar-refractivity contribution in [2.75, 3.05) is 0 Å². The second kappa shape index (κ2) is 9.01. The fourth-order valence-corrected chi connectivity index (χ4v) is 9.32. The summed E-state index contributed by atoms with van der Waals surface area (Å²) in [5.41, 5.74) is 7.64. The van der Waals surface area contributed by atoms with E-state index in [-0.39, 0.29) is 12.4 Å². The molecule has 1 nitrogen and oxygen atoms in total. The Morgan fingerprint density at radius 2 is 1.52 bits per heavy atom. The van der Waals surface area contributed by atoms with Crippen molar-refractivity contribution in [1.29, 1.82) is 0 Å². The lowest BCUT2D eigenvalue weighted by molar-refractivity contribution is -0.116. The third-order valence-electron chi connectivity index (χ3n) is 10.9. The number of hydrogen-bond donors (Lipinski definition) is 1. The van der Waals surface area contributed by atoms with E-state index in [4.69, 9.17) is 5.73 Å². The van der Waals surface area contributed by atoms with Crippen molar-refractivity contribution in [3.05, 3.63) is 0 Å². The molecule has 9 atom stereocenters. The molecule has 0 aromatic carbocycles. The van der Waals surface area contributed by atoms with Crippen molar-refractivity contribution in [1.82, 2.24) is 0 Å². The topological polar surface area (TPSA) is 26.0 Å². The second-order valence-corrected chi connectivity index (χ2v) is 12.7. The smallest absolute Gasteiger partial charge is 0.00418 e. The molecule has 0 bridgehead atoms. The van der Waals surface area contributed by atoms with Gasteiger partial charge in [-0.25, -0.2) is 0 Å². The SMILES string of the molecule is CC(C)CCC[C@@H](C)[C@H]1CC[C@H]2[C@@H]3CC[C@H]4C[C@H](N)CC[C@]4(C)[C@H]3CC[C@]12C.Cl. The molecular weight excluding hydrogens is 374 g/mol. The van der Waals surface area contributed by atoms with E-state index in [1.54, 1.807) is 0 Å². The van der Waals surface area contributed by atoms with E-state index in [1.165, 1.54) is 77.0 Å². The van der Waals surface area contributed by atoms with Gasteiger partial charge in [0, 0.05) is 6.04 Å². The summed E-state index contributed by atoms with van der Waals surface area (Å²) in [5.74, 6) is 6.79. The lowest BCUT2D eigenvalue weighted by atomic mass is 9.44. The molecule has 0 saturated heterocycles. The minimum Gasteiger partial charge on any atom is -0.328 e. The van der Waals surface area contributed by atoms with Gasteiger partial charge >= 0.3 is 0 Å². The van der Waals surface area contributed by atoms with Gasteiger partial charge in [0.1, 0.15) is 0 Å². The minimum absolute atomic E-state index is 0. The molecule has 2 heteroatoms. The Morgan fingerprint density at radius 1 is 0.828 bits per heavy atom. The van der Waals surface area contributed by atoms with Gasteiger partial charge in [-0.1, -0.05) is 53.9 Å². The largest absolute Gasteiger partial charge is 0.328 e. The molecule has 0 amide bonds. The van der Waals surface area contributed by atoms with Crippen LogP contribution in [-0.4, -0.2) is 6.04 Å². The summed E-state index contributed by atoms with van der Waals surface area (Å²) in [6.07, 6.45) is 17.5. The standard InChI is InChI=1S/C27H49N.ClH/c1-18(2)7-6-8-19(3)23-11-12-24-22-10-9-20-17-21(28)13-15-26(20,4)25(22)14-16-27(23,24)5;/h18-25H,6-17,28H2,1-5H3;1H/t19-,20+,21-,22+,23-,24+,25+,26+,27-;/m1./s1. The summed E-state index contributed by atoms with van der Waals surface area (Å²) in [5, 5.41) is 0. The van der Waals surface area contributed by atoms with Gasteiger partial charge in [0.15, 0.2) is 0 Å². The van der Waals surface area contributed by atoms with Crippen molar-refractivity contribution in [3.8, 4) is 0 Å². The number of fused-ring (bicyclic) bond motifs is 5. The molecule has 4 aliphatic rings. The van der Waals surface area contributed by atoms with Crippen LogP contribution in [0.25, 0.3) is 0 Å². The van der Waals surface area contributed by atoms with Crippen LogP contribution >= 0.6 is 12.4 Å². The van der Waals surface area contributed by atoms with E-state index < -0.39 is 0 Å². The minimum atomic E-state index is 0. The van der Waals surface area contributed by atoms with Crippen LogP contribution in [-0.2, 0) is 0 Å². The van der Waals surface area contributed by atoms with E-state index in [0.717, 1.165) is 41.4 Å². The quantitative estimate of drug-likeness (QED) is 0.478. The van der Waals surface area contributed by atoms with Gasteiger partial charge in [-0.2, -0.15) is 0 Å². The van der Waals surface area contributed by atoms with Gasteiger partial charge in [-0.15, -0.1) is 12.4 Å². The van der Waals surface area contributed by atoms with Crippen LogP contribution in [0.3, 0.4) is 0 Å². The summed E-state index contributed by atoms with van der Waals surface area (Å²) in [7, 11) is 0. The van der Waals surface area contributed by atoms with Gasteiger partial charge in [0.25, 0.3) is 0 Å².